The predicted molar refractivity (Wildman–Crippen MR) is 91.5 cm³/mol. The maximum atomic E-state index is 12.6. The molecule has 0 unspecified atom stereocenters. The highest BCUT2D eigenvalue weighted by molar-refractivity contribution is 7.89. The summed E-state index contributed by atoms with van der Waals surface area (Å²) in [6.07, 6.45) is 5.58. The number of nitrogens with zero attached hydrogens (tertiary/aromatic N) is 3. The molecule has 0 aliphatic heterocycles. The van der Waals surface area contributed by atoms with E-state index in [2.05, 4.69) is 18.9 Å². The molecule has 0 N–H and O–H groups in total. The molecule has 6 heteroatoms. The van der Waals surface area contributed by atoms with Gasteiger partial charge >= 0.3 is 0 Å². The van der Waals surface area contributed by atoms with Gasteiger partial charge in [-0.15, -0.1) is 0 Å². The van der Waals surface area contributed by atoms with Crippen LogP contribution in [0.5, 0.6) is 0 Å². The third-order valence-corrected chi connectivity index (χ3v) is 5.62. The number of benzene rings is 1. The predicted octanol–water partition coefficient (Wildman–Crippen LogP) is 2.83. The number of hydrogen-bond donors (Lipinski definition) is 0. The summed E-state index contributed by atoms with van der Waals surface area (Å²) in [4.78, 5) is 0.331. The first-order valence-corrected chi connectivity index (χ1v) is 9.26. The lowest BCUT2D eigenvalue weighted by molar-refractivity contribution is 0.466. The van der Waals surface area contributed by atoms with E-state index >= 15 is 0 Å². The summed E-state index contributed by atoms with van der Waals surface area (Å²) in [6.45, 7) is 4.68. The van der Waals surface area contributed by atoms with E-state index in [0.717, 1.165) is 18.4 Å². The fraction of sp³-hybridized carbons (Fsp3) is 0.471. The van der Waals surface area contributed by atoms with Gasteiger partial charge in [0.2, 0.25) is 10.0 Å². The van der Waals surface area contributed by atoms with Crippen molar-refractivity contribution >= 4 is 10.0 Å². The summed E-state index contributed by atoms with van der Waals surface area (Å²) in [5.41, 5.74) is 2.04. The highest BCUT2D eigenvalue weighted by Gasteiger charge is 2.21. The lowest BCUT2D eigenvalue weighted by Gasteiger charge is -2.16. The number of aromatic nitrogens is 2. The minimum atomic E-state index is -3.48. The Morgan fingerprint density at radius 3 is 2.35 bits per heavy atom. The summed E-state index contributed by atoms with van der Waals surface area (Å²) >= 11 is 0. The van der Waals surface area contributed by atoms with Crippen molar-refractivity contribution in [1.29, 1.82) is 0 Å². The highest BCUT2D eigenvalue weighted by Crippen LogP contribution is 2.18. The fourth-order valence-corrected chi connectivity index (χ4v) is 3.52. The average molecular weight is 335 g/mol. The SMILES string of the molecule is CC(C)CCc1ccc(S(=O)(=O)N(C)Cc2cnn(C)c2)cc1. The Kier molecular flexibility index (Phi) is 5.59. The summed E-state index contributed by atoms with van der Waals surface area (Å²) in [6, 6.07) is 7.22. The van der Waals surface area contributed by atoms with Crippen molar-refractivity contribution in [3.8, 4) is 0 Å². The molecule has 1 heterocycles. The molecule has 2 aromatic rings. The first-order chi connectivity index (χ1) is 10.8. The number of sulfonamides is 1. The Balaban J connectivity index is 2.09. The first-order valence-electron chi connectivity index (χ1n) is 7.82. The van der Waals surface area contributed by atoms with Crippen LogP contribution in [0.3, 0.4) is 0 Å². The highest BCUT2D eigenvalue weighted by atomic mass is 32.2. The quantitative estimate of drug-likeness (QED) is 0.782. The van der Waals surface area contributed by atoms with E-state index < -0.39 is 10.0 Å². The van der Waals surface area contributed by atoms with Crippen LogP contribution in [0.2, 0.25) is 0 Å². The molecule has 0 radical (unpaired) electrons. The van der Waals surface area contributed by atoms with Crippen molar-refractivity contribution in [2.24, 2.45) is 13.0 Å². The largest absolute Gasteiger partial charge is 0.275 e. The molecular formula is C17H25N3O2S. The number of hydrogen-bond acceptors (Lipinski definition) is 3. The van der Waals surface area contributed by atoms with Gasteiger partial charge in [0.05, 0.1) is 11.1 Å². The average Bonchev–Trinajstić information content (AvgIpc) is 2.90. The van der Waals surface area contributed by atoms with E-state index in [9.17, 15) is 8.42 Å². The molecule has 126 valence electrons. The molecule has 0 aliphatic carbocycles. The summed E-state index contributed by atoms with van der Waals surface area (Å²) in [5, 5.41) is 4.07. The fourth-order valence-electron chi connectivity index (χ4n) is 2.36. The molecule has 1 aromatic carbocycles. The van der Waals surface area contributed by atoms with Crippen LogP contribution in [0, 0.1) is 5.92 Å². The van der Waals surface area contributed by atoms with Crippen molar-refractivity contribution in [2.45, 2.75) is 38.1 Å². The number of aryl methyl sites for hydroxylation is 2. The second kappa shape index (κ2) is 7.27. The molecule has 0 saturated heterocycles. The van der Waals surface area contributed by atoms with Gasteiger partial charge in [0.1, 0.15) is 0 Å². The van der Waals surface area contributed by atoms with Crippen molar-refractivity contribution in [2.75, 3.05) is 7.05 Å². The van der Waals surface area contributed by atoms with Crippen molar-refractivity contribution in [3.05, 3.63) is 47.8 Å². The van der Waals surface area contributed by atoms with Crippen LogP contribution >= 0.6 is 0 Å². The molecule has 23 heavy (non-hydrogen) atoms. The van der Waals surface area contributed by atoms with Gasteiger partial charge < -0.3 is 0 Å². The normalized spacial score (nSPS) is 12.3. The Morgan fingerprint density at radius 2 is 1.83 bits per heavy atom. The van der Waals surface area contributed by atoms with Gasteiger partial charge in [-0.25, -0.2) is 8.42 Å². The second-order valence-corrected chi connectivity index (χ2v) is 8.40. The van der Waals surface area contributed by atoms with Crippen molar-refractivity contribution in [3.63, 3.8) is 0 Å². The maximum Gasteiger partial charge on any atom is 0.243 e. The third kappa shape index (κ3) is 4.65. The molecule has 0 spiro atoms. The molecule has 5 nitrogen and oxygen atoms in total. The summed E-state index contributed by atoms with van der Waals surface area (Å²) < 4.78 is 28.3. The molecular weight excluding hydrogens is 310 g/mol. The van der Waals surface area contributed by atoms with Crippen molar-refractivity contribution < 1.29 is 8.42 Å². The van der Waals surface area contributed by atoms with Crippen LogP contribution in [0.25, 0.3) is 0 Å². The smallest absolute Gasteiger partial charge is 0.243 e. The van der Waals surface area contributed by atoms with Gasteiger partial charge in [0.15, 0.2) is 0 Å². The van der Waals surface area contributed by atoms with E-state index in [1.165, 1.54) is 9.87 Å². The second-order valence-electron chi connectivity index (χ2n) is 6.36. The zero-order valence-electron chi connectivity index (χ0n) is 14.2. The Labute approximate surface area is 139 Å². The minimum Gasteiger partial charge on any atom is -0.275 e. The molecule has 0 saturated carbocycles. The van der Waals surface area contributed by atoms with E-state index in [1.807, 2.05) is 25.4 Å². The number of rotatable bonds is 7. The maximum absolute atomic E-state index is 12.6. The molecule has 0 atom stereocenters. The van der Waals surface area contributed by atoms with E-state index in [0.29, 0.717) is 17.4 Å². The van der Waals surface area contributed by atoms with Crippen LogP contribution < -0.4 is 0 Å². The lowest BCUT2D eigenvalue weighted by atomic mass is 10.0. The monoisotopic (exact) mass is 335 g/mol. The van der Waals surface area contributed by atoms with Gasteiger partial charge in [-0.2, -0.15) is 9.40 Å². The van der Waals surface area contributed by atoms with Gasteiger partial charge in [-0.05, 0) is 36.5 Å². The van der Waals surface area contributed by atoms with E-state index in [-0.39, 0.29) is 0 Å². The molecule has 0 bridgehead atoms. The van der Waals surface area contributed by atoms with Crippen LogP contribution in [0.15, 0.2) is 41.6 Å². The summed E-state index contributed by atoms with van der Waals surface area (Å²) in [5.74, 6) is 0.643. The van der Waals surface area contributed by atoms with Gasteiger partial charge in [0.25, 0.3) is 0 Å². The van der Waals surface area contributed by atoms with Gasteiger partial charge in [0, 0.05) is 32.4 Å². The van der Waals surface area contributed by atoms with E-state index in [4.69, 9.17) is 0 Å². The van der Waals surface area contributed by atoms with Crippen LogP contribution in [-0.2, 0) is 30.0 Å². The zero-order chi connectivity index (χ0) is 17.0. The van der Waals surface area contributed by atoms with Crippen molar-refractivity contribution in [1.82, 2.24) is 14.1 Å². The molecule has 0 fully saturated rings. The zero-order valence-corrected chi connectivity index (χ0v) is 15.0. The molecule has 1 aromatic heterocycles. The first kappa shape index (κ1) is 17.7. The van der Waals surface area contributed by atoms with Gasteiger partial charge in [-0.1, -0.05) is 26.0 Å². The van der Waals surface area contributed by atoms with E-state index in [1.54, 1.807) is 30.1 Å². The van der Waals surface area contributed by atoms with Gasteiger partial charge in [-0.3, -0.25) is 4.68 Å². The molecule has 0 amide bonds. The van der Waals surface area contributed by atoms with Crippen LogP contribution in [0.4, 0.5) is 0 Å². The molecule has 0 aliphatic rings. The van der Waals surface area contributed by atoms with Crippen LogP contribution in [0.1, 0.15) is 31.4 Å². The van der Waals surface area contributed by atoms with Crippen LogP contribution in [-0.4, -0.2) is 29.6 Å². The lowest BCUT2D eigenvalue weighted by Crippen LogP contribution is -2.26. The standard InChI is InChI=1S/C17H25N3O2S/c1-14(2)5-6-15-7-9-17(10-8-15)23(21,22)20(4)13-16-11-18-19(3)12-16/h7-12,14H,5-6,13H2,1-4H3. The minimum absolute atomic E-state index is 0.311. The summed E-state index contributed by atoms with van der Waals surface area (Å²) in [7, 11) is -0.0740. The Hall–Kier alpha value is -1.66. The third-order valence-electron chi connectivity index (χ3n) is 3.81. The Morgan fingerprint density at radius 1 is 1.17 bits per heavy atom. The molecule has 2 rings (SSSR count). The Bertz CT molecular complexity index is 733. The topological polar surface area (TPSA) is 55.2 Å².